The lowest BCUT2D eigenvalue weighted by atomic mass is 10.0. The quantitative estimate of drug-likeness (QED) is 0.119. The Morgan fingerprint density at radius 3 is 1.52 bits per heavy atom. The summed E-state index contributed by atoms with van der Waals surface area (Å²) in [6.07, 6.45) is 19.9. The third-order valence-electron chi connectivity index (χ3n) is 4.35. The first-order valence-corrected chi connectivity index (χ1v) is 13.1. The molecule has 5 nitrogen and oxygen atoms in total. The van der Waals surface area contributed by atoms with Crippen LogP contribution in [-0.4, -0.2) is 29.0 Å². The van der Waals surface area contributed by atoms with E-state index in [1.807, 2.05) is 6.92 Å². The van der Waals surface area contributed by atoms with Gasteiger partial charge >= 0.3 is 12.7 Å². The summed E-state index contributed by atoms with van der Waals surface area (Å²) in [6, 6.07) is 0. The molecule has 0 rings (SSSR count). The van der Waals surface area contributed by atoms with E-state index >= 15 is 0 Å². The molecule has 0 radical (unpaired) electrons. The molecule has 0 amide bonds. The summed E-state index contributed by atoms with van der Waals surface area (Å²) in [7, 11) is 0. The van der Waals surface area contributed by atoms with E-state index in [1.54, 1.807) is 6.08 Å². The lowest BCUT2D eigenvalue weighted by molar-refractivity contribution is -0.137. The maximum atomic E-state index is 11.1. The fourth-order valence-electron chi connectivity index (χ4n) is 2.87. The van der Waals surface area contributed by atoms with Crippen molar-refractivity contribution in [1.29, 1.82) is 0 Å². The van der Waals surface area contributed by atoms with Crippen LogP contribution in [0.25, 0.3) is 0 Å². The first kappa shape index (κ1) is 26.7. The van der Waals surface area contributed by atoms with Gasteiger partial charge in [0.15, 0.2) is 0 Å². The first-order valence-electron chi connectivity index (χ1n) is 10.5. The third-order valence-corrected chi connectivity index (χ3v) is 5.18. The van der Waals surface area contributed by atoms with E-state index in [2.05, 4.69) is 11.8 Å². The minimum atomic E-state index is -3.45. The molecular formula is C20H39O5PS. The van der Waals surface area contributed by atoms with Crippen LogP contribution in [0.4, 0.5) is 0 Å². The SMILES string of the molecule is CC=CC(=O)OCCCCCCCCCCCCCCCCOP(O)(O)=S. The van der Waals surface area contributed by atoms with Crippen molar-refractivity contribution in [3.05, 3.63) is 12.2 Å². The van der Waals surface area contributed by atoms with Gasteiger partial charge in [0.25, 0.3) is 0 Å². The van der Waals surface area contributed by atoms with Gasteiger partial charge in [0.2, 0.25) is 0 Å². The molecule has 0 aliphatic heterocycles. The highest BCUT2D eigenvalue weighted by atomic mass is 32.5. The minimum Gasteiger partial charge on any atom is -0.463 e. The molecule has 0 aliphatic rings. The molecule has 160 valence electrons. The third kappa shape index (κ3) is 23.7. The van der Waals surface area contributed by atoms with Gasteiger partial charge in [0, 0.05) is 6.08 Å². The van der Waals surface area contributed by atoms with Crippen molar-refractivity contribution < 1.29 is 23.8 Å². The van der Waals surface area contributed by atoms with Crippen molar-refractivity contribution in [2.75, 3.05) is 13.2 Å². The van der Waals surface area contributed by atoms with E-state index in [-0.39, 0.29) is 5.97 Å². The van der Waals surface area contributed by atoms with E-state index in [0.717, 1.165) is 25.7 Å². The Morgan fingerprint density at radius 1 is 0.778 bits per heavy atom. The van der Waals surface area contributed by atoms with Crippen molar-refractivity contribution in [2.24, 2.45) is 0 Å². The molecule has 0 aromatic carbocycles. The summed E-state index contributed by atoms with van der Waals surface area (Å²) in [4.78, 5) is 28.9. The lowest BCUT2D eigenvalue weighted by Gasteiger charge is -2.07. The normalized spacial score (nSPS) is 12.0. The molecule has 0 spiro atoms. The maximum Gasteiger partial charge on any atom is 0.330 e. The lowest BCUT2D eigenvalue weighted by Crippen LogP contribution is -2.01. The summed E-state index contributed by atoms with van der Waals surface area (Å²) < 4.78 is 9.84. The zero-order valence-corrected chi connectivity index (χ0v) is 18.7. The van der Waals surface area contributed by atoms with Gasteiger partial charge in [0.1, 0.15) is 0 Å². The number of allylic oxidation sites excluding steroid dienone is 1. The van der Waals surface area contributed by atoms with Crippen LogP contribution in [0.5, 0.6) is 0 Å². The largest absolute Gasteiger partial charge is 0.463 e. The second kappa shape index (κ2) is 19.1. The summed E-state index contributed by atoms with van der Waals surface area (Å²) in [5.74, 6) is -0.237. The average molecular weight is 423 g/mol. The molecule has 0 saturated heterocycles. The predicted octanol–water partition coefficient (Wildman–Crippen LogP) is 5.79. The molecule has 0 fully saturated rings. The number of esters is 1. The van der Waals surface area contributed by atoms with Crippen molar-refractivity contribution in [3.63, 3.8) is 0 Å². The number of carbonyl (C=O) groups excluding carboxylic acids is 1. The van der Waals surface area contributed by atoms with Crippen LogP contribution in [0.1, 0.15) is 96.8 Å². The minimum absolute atomic E-state index is 0.237. The van der Waals surface area contributed by atoms with Crippen molar-refractivity contribution in [2.45, 2.75) is 96.8 Å². The molecule has 0 bridgehead atoms. The van der Waals surface area contributed by atoms with Gasteiger partial charge in [-0.2, -0.15) is 0 Å². The Morgan fingerprint density at radius 2 is 1.15 bits per heavy atom. The Balaban J connectivity index is 3.11. The number of hydrogen-bond acceptors (Lipinski definition) is 4. The predicted molar refractivity (Wildman–Crippen MR) is 115 cm³/mol. The van der Waals surface area contributed by atoms with E-state index in [0.29, 0.717) is 13.2 Å². The highest BCUT2D eigenvalue weighted by molar-refractivity contribution is 8.06. The van der Waals surface area contributed by atoms with Crippen LogP contribution in [0, 0.1) is 0 Å². The van der Waals surface area contributed by atoms with Crippen LogP contribution in [0.15, 0.2) is 12.2 Å². The Labute approximate surface area is 170 Å². The van der Waals surface area contributed by atoms with Crippen LogP contribution >= 0.6 is 6.72 Å². The highest BCUT2D eigenvalue weighted by Gasteiger charge is 2.06. The smallest absolute Gasteiger partial charge is 0.330 e. The maximum absolute atomic E-state index is 11.1. The molecule has 0 aliphatic carbocycles. The van der Waals surface area contributed by atoms with Gasteiger partial charge in [-0.3, -0.25) is 0 Å². The molecule has 7 heteroatoms. The van der Waals surface area contributed by atoms with E-state index in [4.69, 9.17) is 19.0 Å². The van der Waals surface area contributed by atoms with E-state index < -0.39 is 6.72 Å². The van der Waals surface area contributed by atoms with Crippen molar-refractivity contribution >= 4 is 24.5 Å². The number of ether oxygens (including phenoxy) is 1. The molecule has 0 heterocycles. The number of unbranched alkanes of at least 4 members (excludes halogenated alkanes) is 13. The number of rotatable bonds is 19. The topological polar surface area (TPSA) is 76.0 Å². The zero-order chi connectivity index (χ0) is 20.2. The summed E-state index contributed by atoms with van der Waals surface area (Å²) in [5.41, 5.74) is 0. The van der Waals surface area contributed by atoms with Crippen molar-refractivity contribution in [3.8, 4) is 0 Å². The highest BCUT2D eigenvalue weighted by Crippen LogP contribution is 2.36. The Kier molecular flexibility index (Phi) is 18.9. The summed E-state index contributed by atoms with van der Waals surface area (Å²) in [5, 5.41) is 0. The van der Waals surface area contributed by atoms with E-state index in [1.165, 1.54) is 70.3 Å². The first-order chi connectivity index (χ1) is 13.0. The van der Waals surface area contributed by atoms with Crippen LogP contribution in [0.2, 0.25) is 0 Å². The van der Waals surface area contributed by atoms with Crippen LogP contribution < -0.4 is 0 Å². The molecule has 2 N–H and O–H groups in total. The van der Waals surface area contributed by atoms with Crippen LogP contribution in [-0.2, 0) is 25.9 Å². The molecular weight excluding hydrogens is 383 g/mol. The Bertz CT molecular complexity index is 423. The second-order valence-corrected chi connectivity index (χ2v) is 9.61. The van der Waals surface area contributed by atoms with Gasteiger partial charge in [0.05, 0.1) is 13.2 Å². The fraction of sp³-hybridized carbons (Fsp3) is 0.850. The van der Waals surface area contributed by atoms with Gasteiger partial charge in [-0.1, -0.05) is 83.1 Å². The standard InChI is InChI=1S/C20H39O5PS/c1-2-17-20(21)24-18-15-13-11-9-7-5-3-4-6-8-10-12-14-16-19-25-26(22,23)27/h2,17H,3-16,18-19H2,1H3,(H2,22,23,27). The molecule has 27 heavy (non-hydrogen) atoms. The zero-order valence-electron chi connectivity index (χ0n) is 16.9. The van der Waals surface area contributed by atoms with Gasteiger partial charge < -0.3 is 19.0 Å². The number of carbonyl (C=O) groups is 1. The fourth-order valence-corrected chi connectivity index (χ4v) is 3.46. The molecule has 0 saturated carbocycles. The van der Waals surface area contributed by atoms with Crippen LogP contribution in [0.3, 0.4) is 0 Å². The molecule has 0 aromatic heterocycles. The van der Waals surface area contributed by atoms with Gasteiger partial charge in [-0.05, 0) is 31.6 Å². The second-order valence-electron chi connectivity index (χ2n) is 6.94. The Hall–Kier alpha value is -0.260. The summed E-state index contributed by atoms with van der Waals surface area (Å²) >= 11 is 4.39. The average Bonchev–Trinajstić information content (AvgIpc) is 2.60. The molecule has 0 unspecified atom stereocenters. The van der Waals surface area contributed by atoms with Gasteiger partial charge in [-0.25, -0.2) is 4.79 Å². The molecule has 0 aromatic rings. The number of hydrogen-bond donors (Lipinski definition) is 2. The van der Waals surface area contributed by atoms with Gasteiger partial charge in [-0.15, -0.1) is 0 Å². The van der Waals surface area contributed by atoms with Crippen molar-refractivity contribution in [1.82, 2.24) is 0 Å². The molecule has 0 atom stereocenters. The van der Waals surface area contributed by atoms with E-state index in [9.17, 15) is 4.79 Å². The summed E-state index contributed by atoms with van der Waals surface area (Å²) in [6.45, 7) is -0.748. The monoisotopic (exact) mass is 422 g/mol.